The van der Waals surface area contributed by atoms with Crippen molar-refractivity contribution in [3.8, 4) is 6.07 Å². The maximum absolute atomic E-state index is 14.2. The van der Waals surface area contributed by atoms with Gasteiger partial charge in [0.1, 0.15) is 17.6 Å². The van der Waals surface area contributed by atoms with Gasteiger partial charge in [-0.1, -0.05) is 0 Å². The van der Waals surface area contributed by atoms with Crippen LogP contribution in [-0.2, 0) is 11.3 Å². The molecule has 1 fully saturated rings. The Bertz CT molecular complexity index is 737. The van der Waals surface area contributed by atoms with E-state index in [9.17, 15) is 9.18 Å². The Hall–Kier alpha value is -2.81. The van der Waals surface area contributed by atoms with Gasteiger partial charge in [-0.25, -0.2) is 4.39 Å². The number of hydrogen-bond acceptors (Lipinski definition) is 4. The van der Waals surface area contributed by atoms with Crippen LogP contribution in [0.5, 0.6) is 0 Å². The Balaban J connectivity index is 1.72. The summed E-state index contributed by atoms with van der Waals surface area (Å²) in [4.78, 5) is 14.1. The third-order valence-corrected chi connectivity index (χ3v) is 3.96. The molecule has 5 nitrogen and oxygen atoms in total. The predicted octanol–water partition coefficient (Wildman–Crippen LogP) is 2.58. The summed E-state index contributed by atoms with van der Waals surface area (Å²) in [5.41, 5.74) is 0.629. The van der Waals surface area contributed by atoms with Crippen molar-refractivity contribution in [1.29, 1.82) is 5.26 Å². The highest BCUT2D eigenvalue weighted by Gasteiger charge is 2.32. The number of hydrogen-bond donors (Lipinski definition) is 1. The topological polar surface area (TPSA) is 69.3 Å². The molecule has 0 radical (unpaired) electrons. The van der Waals surface area contributed by atoms with Crippen molar-refractivity contribution in [1.82, 2.24) is 5.32 Å². The molecule has 1 N–H and O–H groups in total. The molecule has 0 spiro atoms. The second-order valence-corrected chi connectivity index (χ2v) is 5.43. The molecule has 23 heavy (non-hydrogen) atoms. The minimum absolute atomic E-state index is 0.150. The monoisotopic (exact) mass is 313 g/mol. The number of carbonyl (C=O) groups excluding carboxylic acids is 1. The van der Waals surface area contributed by atoms with Gasteiger partial charge in [0.2, 0.25) is 5.91 Å². The standard InChI is InChI=1S/C17H16FN3O2/c18-14-9-12(10-19)5-6-15(14)21-7-1-4-16(21)17(22)20-11-13-3-2-8-23-13/h2-3,5-6,8-9,16H,1,4,7,11H2,(H,20,22). The largest absolute Gasteiger partial charge is 0.467 e. The van der Waals surface area contributed by atoms with Gasteiger partial charge in [-0.15, -0.1) is 0 Å². The van der Waals surface area contributed by atoms with Crippen molar-refractivity contribution in [2.75, 3.05) is 11.4 Å². The van der Waals surface area contributed by atoms with Gasteiger partial charge >= 0.3 is 0 Å². The molecule has 0 saturated carbocycles. The van der Waals surface area contributed by atoms with E-state index in [1.165, 1.54) is 6.07 Å². The molecule has 2 aromatic rings. The number of nitrogens with zero attached hydrogens (tertiary/aromatic N) is 2. The smallest absolute Gasteiger partial charge is 0.243 e. The third kappa shape index (κ3) is 3.19. The second-order valence-electron chi connectivity index (χ2n) is 5.43. The molecule has 1 unspecified atom stereocenters. The van der Waals surface area contributed by atoms with E-state index in [-0.39, 0.29) is 11.5 Å². The Morgan fingerprint density at radius 2 is 2.35 bits per heavy atom. The lowest BCUT2D eigenvalue weighted by molar-refractivity contribution is -0.122. The zero-order chi connectivity index (χ0) is 16.2. The van der Waals surface area contributed by atoms with Gasteiger partial charge in [-0.05, 0) is 43.2 Å². The molecule has 3 rings (SSSR count). The fourth-order valence-electron chi connectivity index (χ4n) is 2.84. The summed E-state index contributed by atoms with van der Waals surface area (Å²) in [6.45, 7) is 0.924. The minimum atomic E-state index is -0.477. The molecule has 1 aliphatic rings. The molecular weight excluding hydrogens is 297 g/mol. The Morgan fingerprint density at radius 1 is 1.48 bits per heavy atom. The summed E-state index contributed by atoms with van der Waals surface area (Å²) >= 11 is 0. The highest BCUT2D eigenvalue weighted by atomic mass is 19.1. The van der Waals surface area contributed by atoms with Crippen LogP contribution >= 0.6 is 0 Å². The first kappa shape index (κ1) is 15.1. The number of nitrogens with one attached hydrogen (secondary N) is 1. The number of anilines is 1. The number of benzene rings is 1. The lowest BCUT2D eigenvalue weighted by Gasteiger charge is -2.26. The van der Waals surface area contributed by atoms with Crippen LogP contribution in [0.1, 0.15) is 24.2 Å². The molecule has 6 heteroatoms. The zero-order valence-corrected chi connectivity index (χ0v) is 12.5. The quantitative estimate of drug-likeness (QED) is 0.942. The Kier molecular flexibility index (Phi) is 4.29. The van der Waals surface area contributed by atoms with E-state index >= 15 is 0 Å². The second kappa shape index (κ2) is 6.53. The lowest BCUT2D eigenvalue weighted by atomic mass is 10.1. The summed E-state index contributed by atoms with van der Waals surface area (Å²) in [7, 11) is 0. The lowest BCUT2D eigenvalue weighted by Crippen LogP contribution is -2.43. The normalized spacial score (nSPS) is 17.0. The molecule has 118 valence electrons. The summed E-state index contributed by atoms with van der Waals surface area (Å²) in [6, 6.07) is 9.37. The fourth-order valence-corrected chi connectivity index (χ4v) is 2.84. The van der Waals surface area contributed by atoms with E-state index in [0.717, 1.165) is 6.42 Å². The van der Waals surface area contributed by atoms with Crippen LogP contribution in [0.25, 0.3) is 0 Å². The van der Waals surface area contributed by atoms with Crippen molar-refractivity contribution in [3.05, 3.63) is 53.7 Å². The number of amides is 1. The predicted molar refractivity (Wildman–Crippen MR) is 82.0 cm³/mol. The van der Waals surface area contributed by atoms with Crippen molar-refractivity contribution >= 4 is 11.6 Å². The minimum Gasteiger partial charge on any atom is -0.467 e. The van der Waals surface area contributed by atoms with Crippen molar-refractivity contribution in [3.63, 3.8) is 0 Å². The van der Waals surface area contributed by atoms with E-state index in [4.69, 9.17) is 9.68 Å². The summed E-state index contributed by atoms with van der Waals surface area (Å²) in [5, 5.41) is 11.6. The summed E-state index contributed by atoms with van der Waals surface area (Å²) in [6.07, 6.45) is 3.04. The molecule has 1 saturated heterocycles. The SMILES string of the molecule is N#Cc1ccc(N2CCCC2C(=O)NCc2ccco2)c(F)c1. The maximum Gasteiger partial charge on any atom is 0.243 e. The van der Waals surface area contributed by atoms with Gasteiger partial charge in [-0.2, -0.15) is 5.26 Å². The molecule has 1 aromatic carbocycles. The number of nitriles is 1. The molecule has 1 aromatic heterocycles. The molecule has 0 bridgehead atoms. The number of furan rings is 1. The summed E-state index contributed by atoms with van der Waals surface area (Å²) in [5.74, 6) is 0.0462. The van der Waals surface area contributed by atoms with Crippen LogP contribution in [0.15, 0.2) is 41.0 Å². The van der Waals surface area contributed by atoms with Gasteiger partial charge in [0.25, 0.3) is 0 Å². The van der Waals surface area contributed by atoms with Gasteiger partial charge in [0, 0.05) is 6.54 Å². The van der Waals surface area contributed by atoms with E-state index in [2.05, 4.69) is 5.32 Å². The van der Waals surface area contributed by atoms with Crippen molar-refractivity contribution in [2.24, 2.45) is 0 Å². The molecule has 0 aliphatic carbocycles. The molecular formula is C17H16FN3O2. The van der Waals surface area contributed by atoms with E-state index < -0.39 is 11.9 Å². The van der Waals surface area contributed by atoms with Gasteiger partial charge in [-0.3, -0.25) is 4.79 Å². The van der Waals surface area contributed by atoms with Crippen LogP contribution in [0.3, 0.4) is 0 Å². The number of halogens is 1. The summed E-state index contributed by atoms with van der Waals surface area (Å²) < 4.78 is 19.4. The average molecular weight is 313 g/mol. The van der Waals surface area contributed by atoms with Crippen LogP contribution in [0, 0.1) is 17.1 Å². The molecule has 1 amide bonds. The average Bonchev–Trinajstić information content (AvgIpc) is 3.24. The molecule has 2 heterocycles. The maximum atomic E-state index is 14.2. The van der Waals surface area contributed by atoms with Gasteiger partial charge < -0.3 is 14.6 Å². The van der Waals surface area contributed by atoms with Crippen LogP contribution in [0.2, 0.25) is 0 Å². The molecule has 1 aliphatic heterocycles. The van der Waals surface area contributed by atoms with Gasteiger partial charge in [0.05, 0.1) is 30.1 Å². The first-order valence-corrected chi connectivity index (χ1v) is 7.45. The fraction of sp³-hybridized carbons (Fsp3) is 0.294. The highest BCUT2D eigenvalue weighted by Crippen LogP contribution is 2.28. The van der Waals surface area contributed by atoms with E-state index in [1.807, 2.05) is 6.07 Å². The van der Waals surface area contributed by atoms with Crippen LogP contribution in [0.4, 0.5) is 10.1 Å². The van der Waals surface area contributed by atoms with Crippen LogP contribution in [-0.4, -0.2) is 18.5 Å². The Labute approximate surface area is 133 Å². The van der Waals surface area contributed by atoms with Crippen molar-refractivity contribution < 1.29 is 13.6 Å². The highest BCUT2D eigenvalue weighted by molar-refractivity contribution is 5.85. The zero-order valence-electron chi connectivity index (χ0n) is 12.5. The number of rotatable bonds is 4. The molecule has 1 atom stereocenters. The first-order chi connectivity index (χ1) is 11.2. The van der Waals surface area contributed by atoms with Crippen molar-refractivity contribution in [2.45, 2.75) is 25.4 Å². The third-order valence-electron chi connectivity index (χ3n) is 3.96. The Morgan fingerprint density at radius 3 is 3.04 bits per heavy atom. The number of carbonyl (C=O) groups is 1. The van der Waals surface area contributed by atoms with Crippen LogP contribution < -0.4 is 10.2 Å². The van der Waals surface area contributed by atoms with E-state index in [0.29, 0.717) is 31.0 Å². The van der Waals surface area contributed by atoms with Gasteiger partial charge in [0.15, 0.2) is 0 Å². The first-order valence-electron chi connectivity index (χ1n) is 7.45. The van der Waals surface area contributed by atoms with E-state index in [1.54, 1.807) is 35.4 Å².